The van der Waals surface area contributed by atoms with E-state index in [1.165, 1.54) is 37.4 Å². The lowest BCUT2D eigenvalue weighted by Crippen LogP contribution is -2.08. The number of aromatic nitrogens is 1. The number of hydrogen-bond acceptors (Lipinski definition) is 3. The van der Waals surface area contributed by atoms with Gasteiger partial charge in [-0.3, -0.25) is 9.78 Å². The molecule has 0 saturated heterocycles. The van der Waals surface area contributed by atoms with Crippen LogP contribution in [0.4, 0.5) is 14.5 Å². The standard InChI is InChI=1S/C13H10F2N2O/c1-7-2-4-9(12(15)11(7)14)13(18)10-5-3-8(16)6-17-10/h2-6H,16H2,1H3. The number of rotatable bonds is 2. The van der Waals surface area contributed by atoms with Crippen LogP contribution in [0.25, 0.3) is 0 Å². The summed E-state index contributed by atoms with van der Waals surface area (Å²) in [5, 5.41) is 0. The maximum absolute atomic E-state index is 13.6. The highest BCUT2D eigenvalue weighted by atomic mass is 19.2. The van der Waals surface area contributed by atoms with Gasteiger partial charge in [0.05, 0.1) is 17.4 Å². The quantitative estimate of drug-likeness (QED) is 0.830. The number of nitrogens with two attached hydrogens (primary N) is 1. The molecule has 0 amide bonds. The van der Waals surface area contributed by atoms with Crippen molar-refractivity contribution in [2.24, 2.45) is 0 Å². The fraction of sp³-hybridized carbons (Fsp3) is 0.0769. The van der Waals surface area contributed by atoms with Gasteiger partial charge in [-0.25, -0.2) is 8.78 Å². The number of hydrogen-bond donors (Lipinski definition) is 1. The summed E-state index contributed by atoms with van der Waals surface area (Å²) in [5.74, 6) is -2.85. The van der Waals surface area contributed by atoms with Gasteiger partial charge in [0.2, 0.25) is 5.78 Å². The van der Waals surface area contributed by atoms with Gasteiger partial charge in [-0.2, -0.15) is 0 Å². The molecule has 0 aliphatic rings. The Morgan fingerprint density at radius 1 is 1.17 bits per heavy atom. The molecule has 0 aliphatic carbocycles. The van der Waals surface area contributed by atoms with Crippen LogP contribution < -0.4 is 5.73 Å². The number of nitrogens with zero attached hydrogens (tertiary/aromatic N) is 1. The molecule has 0 atom stereocenters. The Bertz CT molecular complexity index is 609. The van der Waals surface area contributed by atoms with Crippen molar-refractivity contribution in [1.29, 1.82) is 0 Å². The van der Waals surface area contributed by atoms with Crippen molar-refractivity contribution >= 4 is 11.5 Å². The van der Waals surface area contributed by atoms with Crippen molar-refractivity contribution in [3.63, 3.8) is 0 Å². The molecule has 1 aromatic heterocycles. The van der Waals surface area contributed by atoms with Crippen molar-refractivity contribution in [1.82, 2.24) is 4.98 Å². The second kappa shape index (κ2) is 4.52. The van der Waals surface area contributed by atoms with Crippen molar-refractivity contribution in [3.8, 4) is 0 Å². The van der Waals surface area contributed by atoms with E-state index >= 15 is 0 Å². The summed E-state index contributed by atoms with van der Waals surface area (Å²) in [7, 11) is 0. The highest BCUT2D eigenvalue weighted by Gasteiger charge is 2.19. The molecule has 2 rings (SSSR count). The van der Waals surface area contributed by atoms with E-state index < -0.39 is 17.4 Å². The summed E-state index contributed by atoms with van der Waals surface area (Å²) in [5.41, 5.74) is 5.65. The first-order valence-corrected chi connectivity index (χ1v) is 5.21. The van der Waals surface area contributed by atoms with E-state index in [0.29, 0.717) is 5.69 Å². The summed E-state index contributed by atoms with van der Waals surface area (Å²) in [6.07, 6.45) is 1.29. The molecule has 0 bridgehead atoms. The first-order chi connectivity index (χ1) is 8.50. The summed E-state index contributed by atoms with van der Waals surface area (Å²) in [6.45, 7) is 1.42. The van der Waals surface area contributed by atoms with E-state index in [-0.39, 0.29) is 16.8 Å². The Hall–Kier alpha value is -2.30. The fourth-order valence-electron chi connectivity index (χ4n) is 1.50. The lowest BCUT2D eigenvalue weighted by atomic mass is 10.0. The largest absolute Gasteiger partial charge is 0.397 e. The van der Waals surface area contributed by atoms with Crippen LogP contribution in [0.1, 0.15) is 21.6 Å². The molecule has 1 heterocycles. The van der Waals surface area contributed by atoms with E-state index in [9.17, 15) is 13.6 Å². The molecular weight excluding hydrogens is 238 g/mol. The van der Waals surface area contributed by atoms with Gasteiger partial charge in [-0.15, -0.1) is 0 Å². The molecule has 0 saturated carbocycles. The average molecular weight is 248 g/mol. The highest BCUT2D eigenvalue weighted by Crippen LogP contribution is 2.18. The number of anilines is 1. The zero-order valence-corrected chi connectivity index (χ0v) is 9.58. The molecule has 2 aromatic rings. The SMILES string of the molecule is Cc1ccc(C(=O)c2ccc(N)cn2)c(F)c1F. The third-order valence-electron chi connectivity index (χ3n) is 2.54. The number of ketones is 1. The van der Waals surface area contributed by atoms with Gasteiger partial charge in [0.15, 0.2) is 11.6 Å². The molecule has 1 aromatic carbocycles. The van der Waals surface area contributed by atoms with Crippen LogP contribution in [0.2, 0.25) is 0 Å². The topological polar surface area (TPSA) is 56.0 Å². The molecule has 0 spiro atoms. The average Bonchev–Trinajstić information content (AvgIpc) is 2.36. The minimum atomic E-state index is -1.15. The molecule has 3 nitrogen and oxygen atoms in total. The number of aryl methyl sites for hydroxylation is 1. The molecule has 0 aliphatic heterocycles. The van der Waals surface area contributed by atoms with Gasteiger partial charge in [-0.1, -0.05) is 6.07 Å². The molecule has 5 heteroatoms. The smallest absolute Gasteiger partial charge is 0.214 e. The third kappa shape index (κ3) is 2.07. The Kier molecular flexibility index (Phi) is 3.06. The molecule has 2 N–H and O–H groups in total. The van der Waals surface area contributed by atoms with Crippen molar-refractivity contribution in [2.45, 2.75) is 6.92 Å². The van der Waals surface area contributed by atoms with E-state index in [1.54, 1.807) is 0 Å². The highest BCUT2D eigenvalue weighted by molar-refractivity contribution is 6.07. The van der Waals surface area contributed by atoms with Crippen LogP contribution in [0.5, 0.6) is 0 Å². The molecule has 0 fully saturated rings. The number of pyridine rings is 1. The van der Waals surface area contributed by atoms with Crippen LogP contribution in [0.3, 0.4) is 0 Å². The van der Waals surface area contributed by atoms with E-state index in [0.717, 1.165) is 0 Å². The predicted molar refractivity (Wildman–Crippen MR) is 63.2 cm³/mol. The number of benzene rings is 1. The molecule has 0 unspecified atom stereocenters. The number of halogens is 2. The Morgan fingerprint density at radius 2 is 1.89 bits per heavy atom. The van der Waals surface area contributed by atoms with Crippen LogP contribution in [-0.4, -0.2) is 10.8 Å². The Labute approximate surface area is 102 Å². The van der Waals surface area contributed by atoms with Gasteiger partial charge in [0.25, 0.3) is 0 Å². The summed E-state index contributed by atoms with van der Waals surface area (Å²) < 4.78 is 27.0. The third-order valence-corrected chi connectivity index (χ3v) is 2.54. The lowest BCUT2D eigenvalue weighted by molar-refractivity contribution is 0.102. The van der Waals surface area contributed by atoms with E-state index in [4.69, 9.17) is 5.73 Å². The normalized spacial score (nSPS) is 10.4. The zero-order valence-electron chi connectivity index (χ0n) is 9.58. The van der Waals surface area contributed by atoms with Gasteiger partial charge in [0.1, 0.15) is 5.69 Å². The monoisotopic (exact) mass is 248 g/mol. The van der Waals surface area contributed by atoms with Crippen molar-refractivity contribution < 1.29 is 13.6 Å². The molecule has 92 valence electrons. The predicted octanol–water partition coefficient (Wildman–Crippen LogP) is 2.48. The lowest BCUT2D eigenvalue weighted by Gasteiger charge is -2.05. The molecular formula is C13H10F2N2O. The summed E-state index contributed by atoms with van der Waals surface area (Å²) in [6, 6.07) is 5.44. The van der Waals surface area contributed by atoms with Crippen molar-refractivity contribution in [2.75, 3.05) is 5.73 Å². The first-order valence-electron chi connectivity index (χ1n) is 5.21. The number of carbonyl (C=O) groups is 1. The van der Waals surface area contributed by atoms with E-state index in [2.05, 4.69) is 4.98 Å². The second-order valence-electron chi connectivity index (χ2n) is 3.86. The van der Waals surface area contributed by atoms with Gasteiger partial charge < -0.3 is 5.73 Å². The van der Waals surface area contributed by atoms with Gasteiger partial charge in [0, 0.05) is 0 Å². The Balaban J connectivity index is 2.46. The minimum Gasteiger partial charge on any atom is -0.397 e. The molecule has 18 heavy (non-hydrogen) atoms. The molecule has 0 radical (unpaired) electrons. The van der Waals surface area contributed by atoms with Gasteiger partial charge in [-0.05, 0) is 30.7 Å². The van der Waals surface area contributed by atoms with Crippen LogP contribution in [-0.2, 0) is 0 Å². The van der Waals surface area contributed by atoms with Crippen LogP contribution in [0.15, 0.2) is 30.5 Å². The summed E-state index contributed by atoms with van der Waals surface area (Å²) in [4.78, 5) is 15.7. The number of nitrogen functional groups attached to an aromatic ring is 1. The van der Waals surface area contributed by atoms with Crippen molar-refractivity contribution in [3.05, 3.63) is 58.9 Å². The second-order valence-corrected chi connectivity index (χ2v) is 3.86. The van der Waals surface area contributed by atoms with Gasteiger partial charge >= 0.3 is 0 Å². The summed E-state index contributed by atoms with van der Waals surface area (Å²) >= 11 is 0. The van der Waals surface area contributed by atoms with Crippen LogP contribution >= 0.6 is 0 Å². The zero-order chi connectivity index (χ0) is 13.3. The maximum atomic E-state index is 13.6. The first kappa shape index (κ1) is 12.2. The minimum absolute atomic E-state index is 0.0198. The van der Waals surface area contributed by atoms with Crippen LogP contribution in [0, 0.1) is 18.6 Å². The maximum Gasteiger partial charge on any atom is 0.214 e. The number of carbonyl (C=O) groups excluding carboxylic acids is 1. The fourth-order valence-corrected chi connectivity index (χ4v) is 1.50. The Morgan fingerprint density at radius 3 is 2.50 bits per heavy atom. The van der Waals surface area contributed by atoms with E-state index in [1.807, 2.05) is 0 Å².